The number of aromatic nitrogens is 2. The lowest BCUT2D eigenvalue weighted by atomic mass is 10.3. The van der Waals surface area contributed by atoms with Gasteiger partial charge in [-0.2, -0.15) is 0 Å². The van der Waals surface area contributed by atoms with Crippen molar-refractivity contribution in [1.29, 1.82) is 0 Å². The van der Waals surface area contributed by atoms with Gasteiger partial charge < -0.3 is 4.57 Å². The average Bonchev–Trinajstić information content (AvgIpc) is 2.53. The topological polar surface area (TPSA) is 17.8 Å². The number of benzene rings is 1. The zero-order chi connectivity index (χ0) is 9.26. The van der Waals surface area contributed by atoms with Gasteiger partial charge in [0.1, 0.15) is 10.9 Å². The zero-order valence-corrected chi connectivity index (χ0v) is 8.96. The van der Waals surface area contributed by atoms with Gasteiger partial charge in [-0.05, 0) is 40.2 Å². The van der Waals surface area contributed by atoms with Crippen LogP contribution in [0.15, 0.2) is 41.4 Å². The molecule has 0 amide bonds. The SMILES string of the molecule is Clc1ccc(-n2cnc(Br)c2)cc1. The van der Waals surface area contributed by atoms with Crippen LogP contribution < -0.4 is 0 Å². The molecule has 1 heterocycles. The highest BCUT2D eigenvalue weighted by Gasteiger charge is 1.97. The summed E-state index contributed by atoms with van der Waals surface area (Å²) in [6, 6.07) is 7.59. The van der Waals surface area contributed by atoms with E-state index in [1.807, 2.05) is 35.0 Å². The van der Waals surface area contributed by atoms with Crippen molar-refractivity contribution in [1.82, 2.24) is 9.55 Å². The molecule has 0 atom stereocenters. The second-order valence-corrected chi connectivity index (χ2v) is 3.83. The van der Waals surface area contributed by atoms with Crippen LogP contribution in [0.4, 0.5) is 0 Å². The minimum atomic E-state index is 0.739. The molecule has 0 radical (unpaired) electrons. The summed E-state index contributed by atoms with van der Waals surface area (Å²) >= 11 is 9.06. The predicted molar refractivity (Wildman–Crippen MR) is 56.3 cm³/mol. The van der Waals surface area contributed by atoms with Crippen molar-refractivity contribution >= 4 is 27.5 Å². The Labute approximate surface area is 89.3 Å². The van der Waals surface area contributed by atoms with E-state index in [0.29, 0.717) is 0 Å². The van der Waals surface area contributed by atoms with E-state index in [9.17, 15) is 0 Å². The van der Waals surface area contributed by atoms with Crippen LogP contribution in [0.2, 0.25) is 5.02 Å². The van der Waals surface area contributed by atoms with Gasteiger partial charge in [-0.25, -0.2) is 4.98 Å². The van der Waals surface area contributed by atoms with Gasteiger partial charge in [0.15, 0.2) is 0 Å². The maximum absolute atomic E-state index is 5.77. The van der Waals surface area contributed by atoms with Crippen molar-refractivity contribution in [2.24, 2.45) is 0 Å². The Morgan fingerprint density at radius 1 is 1.23 bits per heavy atom. The van der Waals surface area contributed by atoms with Crippen LogP contribution in [0.3, 0.4) is 0 Å². The normalized spacial score (nSPS) is 10.3. The number of nitrogens with zero attached hydrogens (tertiary/aromatic N) is 2. The van der Waals surface area contributed by atoms with E-state index in [1.165, 1.54) is 0 Å². The van der Waals surface area contributed by atoms with E-state index in [-0.39, 0.29) is 0 Å². The zero-order valence-electron chi connectivity index (χ0n) is 6.61. The van der Waals surface area contributed by atoms with Crippen LogP contribution >= 0.6 is 27.5 Å². The van der Waals surface area contributed by atoms with Crippen molar-refractivity contribution in [2.75, 3.05) is 0 Å². The summed E-state index contributed by atoms with van der Waals surface area (Å²) in [6.45, 7) is 0. The molecule has 1 aromatic heterocycles. The number of hydrogen-bond acceptors (Lipinski definition) is 1. The third kappa shape index (κ3) is 1.92. The molecule has 2 rings (SSSR count). The molecule has 13 heavy (non-hydrogen) atoms. The van der Waals surface area contributed by atoms with Crippen molar-refractivity contribution < 1.29 is 0 Å². The molecule has 0 aliphatic rings. The smallest absolute Gasteiger partial charge is 0.124 e. The standard InChI is InChI=1S/C9H6BrClN2/c10-9-5-13(6-12-9)8-3-1-7(11)2-4-8/h1-6H. The Bertz CT molecular complexity index is 408. The van der Waals surface area contributed by atoms with Crippen molar-refractivity contribution in [2.45, 2.75) is 0 Å². The van der Waals surface area contributed by atoms with Gasteiger partial charge in [-0.3, -0.25) is 0 Å². The van der Waals surface area contributed by atoms with E-state index in [2.05, 4.69) is 20.9 Å². The highest BCUT2D eigenvalue weighted by atomic mass is 79.9. The van der Waals surface area contributed by atoms with Gasteiger partial charge in [0.2, 0.25) is 0 Å². The van der Waals surface area contributed by atoms with Crippen LogP contribution in [0, 0.1) is 0 Å². The summed E-state index contributed by atoms with van der Waals surface area (Å²) < 4.78 is 2.74. The Morgan fingerprint density at radius 3 is 2.46 bits per heavy atom. The van der Waals surface area contributed by atoms with Crippen molar-refractivity contribution in [3.05, 3.63) is 46.4 Å². The maximum atomic E-state index is 5.77. The molecule has 0 bridgehead atoms. The Morgan fingerprint density at radius 2 is 1.92 bits per heavy atom. The molecule has 0 spiro atoms. The summed E-state index contributed by atoms with van der Waals surface area (Å²) in [6.07, 6.45) is 3.64. The fourth-order valence-corrected chi connectivity index (χ4v) is 1.49. The summed E-state index contributed by atoms with van der Waals surface area (Å²) in [7, 11) is 0. The summed E-state index contributed by atoms with van der Waals surface area (Å²) in [5.74, 6) is 0. The molecule has 0 unspecified atom stereocenters. The molecule has 66 valence electrons. The van der Waals surface area contributed by atoms with Gasteiger partial charge in [-0.15, -0.1) is 0 Å². The first-order chi connectivity index (χ1) is 6.25. The molecule has 0 saturated carbocycles. The van der Waals surface area contributed by atoms with E-state index >= 15 is 0 Å². The predicted octanol–water partition coefficient (Wildman–Crippen LogP) is 3.29. The van der Waals surface area contributed by atoms with Gasteiger partial charge >= 0.3 is 0 Å². The molecular weight excluding hydrogens is 251 g/mol. The third-order valence-corrected chi connectivity index (χ3v) is 2.34. The molecule has 0 aliphatic heterocycles. The van der Waals surface area contributed by atoms with E-state index < -0.39 is 0 Å². The fraction of sp³-hybridized carbons (Fsp3) is 0. The summed E-state index contributed by atoms with van der Waals surface area (Å²) in [5.41, 5.74) is 1.04. The minimum Gasteiger partial charge on any atom is -0.305 e. The number of halogens is 2. The Balaban J connectivity index is 2.41. The number of rotatable bonds is 1. The molecule has 1 aromatic carbocycles. The lowest BCUT2D eigenvalue weighted by molar-refractivity contribution is 1.06. The van der Waals surface area contributed by atoms with E-state index in [1.54, 1.807) is 6.33 Å². The average molecular weight is 258 g/mol. The molecule has 0 N–H and O–H groups in total. The Hall–Kier alpha value is -0.800. The quantitative estimate of drug-likeness (QED) is 0.766. The first kappa shape index (κ1) is 8.78. The van der Waals surface area contributed by atoms with Crippen LogP contribution in [-0.2, 0) is 0 Å². The maximum Gasteiger partial charge on any atom is 0.124 e. The van der Waals surface area contributed by atoms with Crippen LogP contribution in [0.5, 0.6) is 0 Å². The van der Waals surface area contributed by atoms with Gasteiger partial charge in [0.25, 0.3) is 0 Å². The van der Waals surface area contributed by atoms with Gasteiger partial charge in [0.05, 0.1) is 0 Å². The van der Waals surface area contributed by atoms with Crippen molar-refractivity contribution in [3.63, 3.8) is 0 Å². The second kappa shape index (κ2) is 3.52. The fourth-order valence-electron chi connectivity index (χ4n) is 1.05. The van der Waals surface area contributed by atoms with E-state index in [4.69, 9.17) is 11.6 Å². The summed E-state index contributed by atoms with van der Waals surface area (Å²) in [4.78, 5) is 4.06. The van der Waals surface area contributed by atoms with Gasteiger partial charge in [0, 0.05) is 16.9 Å². The molecule has 0 saturated heterocycles. The van der Waals surface area contributed by atoms with E-state index in [0.717, 1.165) is 15.3 Å². The monoisotopic (exact) mass is 256 g/mol. The lowest BCUT2D eigenvalue weighted by Crippen LogP contribution is -1.87. The number of imidazole rings is 1. The molecule has 0 fully saturated rings. The van der Waals surface area contributed by atoms with Crippen LogP contribution in [-0.4, -0.2) is 9.55 Å². The first-order valence-corrected chi connectivity index (χ1v) is 4.88. The molecule has 0 aliphatic carbocycles. The Kier molecular flexibility index (Phi) is 2.38. The highest BCUT2D eigenvalue weighted by molar-refractivity contribution is 9.10. The molecular formula is C9H6BrClN2. The summed E-state index contributed by atoms with van der Waals surface area (Å²) in [5, 5.41) is 0.739. The largest absolute Gasteiger partial charge is 0.305 e. The van der Waals surface area contributed by atoms with Gasteiger partial charge in [-0.1, -0.05) is 11.6 Å². The molecule has 2 aromatic rings. The first-order valence-electron chi connectivity index (χ1n) is 3.71. The van der Waals surface area contributed by atoms with Crippen LogP contribution in [0.1, 0.15) is 0 Å². The molecule has 4 heteroatoms. The lowest BCUT2D eigenvalue weighted by Gasteiger charge is -2.00. The number of hydrogen-bond donors (Lipinski definition) is 0. The third-order valence-electron chi connectivity index (χ3n) is 1.68. The van der Waals surface area contributed by atoms with Crippen LogP contribution in [0.25, 0.3) is 5.69 Å². The minimum absolute atomic E-state index is 0.739. The van der Waals surface area contributed by atoms with Crippen molar-refractivity contribution in [3.8, 4) is 5.69 Å². The second-order valence-electron chi connectivity index (χ2n) is 2.58. The molecule has 2 nitrogen and oxygen atoms in total. The highest BCUT2D eigenvalue weighted by Crippen LogP contribution is 2.15.